The smallest absolute Gasteiger partial charge is 0.368 e. The van der Waals surface area contributed by atoms with Gasteiger partial charge in [-0.05, 0) is 6.42 Å². The summed E-state index contributed by atoms with van der Waals surface area (Å²) in [6, 6.07) is 0. The normalized spacial score (nSPS) is 16.4. The molecule has 0 radical (unpaired) electrons. The fourth-order valence-corrected chi connectivity index (χ4v) is 3.11. The quantitative estimate of drug-likeness (QED) is 0.168. The lowest BCUT2D eigenvalue weighted by molar-refractivity contribution is -0.262. The number of rotatable bonds is 11. The number of nitrogens with zero attached hydrogens (tertiary/aromatic N) is 2. The zero-order valence-corrected chi connectivity index (χ0v) is 13.4. The Kier molecular flexibility index (Phi) is 7.97. The van der Waals surface area contributed by atoms with Crippen molar-refractivity contribution in [2.45, 2.75) is 25.0 Å². The van der Waals surface area contributed by atoms with Gasteiger partial charge in [0.25, 0.3) is 5.08 Å². The number of aliphatic hydroxyl groups is 1. The van der Waals surface area contributed by atoms with E-state index >= 15 is 0 Å². The van der Waals surface area contributed by atoms with Crippen molar-refractivity contribution in [1.82, 2.24) is 20.8 Å². The maximum absolute atomic E-state index is 11.5. The molecule has 1 heterocycles. The van der Waals surface area contributed by atoms with Crippen LogP contribution in [0.25, 0.3) is 0 Å². The Labute approximate surface area is 126 Å². The highest BCUT2D eigenvalue weighted by atomic mass is 31.2. The molecule has 0 spiro atoms. The Bertz CT molecular complexity index is 471. The first-order valence-corrected chi connectivity index (χ1v) is 8.81. The summed E-state index contributed by atoms with van der Waals surface area (Å²) in [6.45, 7) is 1.55. The van der Waals surface area contributed by atoms with E-state index in [1.165, 1.54) is 23.3 Å². The monoisotopic (exact) mass is 360 g/mol. The molecule has 1 aromatic heterocycles. The highest BCUT2D eigenvalue weighted by Gasteiger charge is 2.54. The van der Waals surface area contributed by atoms with Gasteiger partial charge < -0.3 is 24.4 Å². The van der Waals surface area contributed by atoms with E-state index in [1.54, 1.807) is 5.64 Å². The molecule has 0 aliphatic carbocycles. The summed E-state index contributed by atoms with van der Waals surface area (Å²) < 4.78 is 17.1. The van der Waals surface area contributed by atoms with Crippen LogP contribution in [0.2, 0.25) is 0 Å². The van der Waals surface area contributed by atoms with E-state index in [9.17, 15) is 24.4 Å². The van der Waals surface area contributed by atoms with Crippen molar-refractivity contribution in [3.63, 3.8) is 0 Å². The zero-order valence-electron chi connectivity index (χ0n) is 11.6. The second-order valence-corrected chi connectivity index (χ2v) is 7.68. The van der Waals surface area contributed by atoms with Crippen LogP contribution in [-0.4, -0.2) is 41.0 Å². The third-order valence-electron chi connectivity index (χ3n) is 2.30. The lowest BCUT2D eigenvalue weighted by atomic mass is 10.5. The summed E-state index contributed by atoms with van der Waals surface area (Å²) in [7, 11) is -8.17. The van der Waals surface area contributed by atoms with E-state index in [-0.39, 0.29) is 0 Å². The van der Waals surface area contributed by atoms with Crippen molar-refractivity contribution < 1.29 is 38.8 Å². The average molecular weight is 360 g/mol. The maximum atomic E-state index is 11.5. The number of imidazole rings is 1. The second kappa shape index (κ2) is 8.96. The van der Waals surface area contributed by atoms with E-state index in [2.05, 4.69) is 19.4 Å². The lowest BCUT2D eigenvalue weighted by Gasteiger charge is -2.31. The van der Waals surface area contributed by atoms with E-state index in [1.807, 2.05) is 12.6 Å². The highest BCUT2D eigenvalue weighted by Crippen LogP contribution is 2.65. The standard InChI is InChI=1S/C8H18N4O8P2/c1-2-5-18-10-19-11-20-21(14)8(13,22(15,16)17)6-12-4-3-9-7-12/h3-4,7,10-11,13-14H,2,5-6H2,1H3,(H2,15,16,17)/t8?,21-/m1/s1. The molecule has 1 aromatic rings. The molecule has 0 amide bonds. The Morgan fingerprint density at radius 2 is 2.18 bits per heavy atom. The zero-order chi connectivity index (χ0) is 16.6. The van der Waals surface area contributed by atoms with Gasteiger partial charge in [-0.1, -0.05) is 18.2 Å². The van der Waals surface area contributed by atoms with Crippen LogP contribution in [0.15, 0.2) is 18.7 Å². The van der Waals surface area contributed by atoms with E-state index < -0.39 is 27.6 Å². The first-order chi connectivity index (χ1) is 10.3. The molecule has 0 bridgehead atoms. The van der Waals surface area contributed by atoms with Crippen LogP contribution in [0.1, 0.15) is 13.3 Å². The third kappa shape index (κ3) is 5.61. The van der Waals surface area contributed by atoms with Crippen LogP contribution >= 0.6 is 16.0 Å². The van der Waals surface area contributed by atoms with Gasteiger partial charge in [-0.15, -0.1) is 0 Å². The number of aromatic nitrogens is 2. The molecule has 22 heavy (non-hydrogen) atoms. The predicted molar refractivity (Wildman–Crippen MR) is 73.0 cm³/mol. The van der Waals surface area contributed by atoms with E-state index in [4.69, 9.17) is 0 Å². The van der Waals surface area contributed by atoms with Gasteiger partial charge in [-0.3, -0.25) is 9.40 Å². The molecule has 128 valence electrons. The van der Waals surface area contributed by atoms with Crippen molar-refractivity contribution in [1.29, 1.82) is 0 Å². The molecule has 14 heteroatoms. The molecule has 0 aromatic carbocycles. The molecule has 0 aliphatic heterocycles. The SMILES string of the molecule is CCCONONO[P@@](O)C(O)(Cn1ccnc1)P(=O)(O)O. The summed E-state index contributed by atoms with van der Waals surface area (Å²) in [5.41, 5.74) is 3.67. The minimum atomic E-state index is -5.14. The average Bonchev–Trinajstić information content (AvgIpc) is 2.93. The van der Waals surface area contributed by atoms with Crippen LogP contribution < -0.4 is 11.3 Å². The molecule has 0 saturated heterocycles. The molecular weight excluding hydrogens is 342 g/mol. The van der Waals surface area contributed by atoms with Crippen molar-refractivity contribution in [2.75, 3.05) is 6.61 Å². The molecule has 6 N–H and O–H groups in total. The van der Waals surface area contributed by atoms with Gasteiger partial charge in [-0.2, -0.15) is 4.94 Å². The molecular formula is C8H18N4O8P2. The van der Waals surface area contributed by atoms with Crippen LogP contribution in [-0.2, 0) is 25.5 Å². The fraction of sp³-hybridized carbons (Fsp3) is 0.625. The van der Waals surface area contributed by atoms with Gasteiger partial charge in [0.05, 0.1) is 19.5 Å². The summed E-state index contributed by atoms with van der Waals surface area (Å²) in [4.78, 5) is 41.0. The van der Waals surface area contributed by atoms with Crippen LogP contribution in [0.3, 0.4) is 0 Å². The summed E-state index contributed by atoms with van der Waals surface area (Å²) >= 11 is 0. The molecule has 0 fully saturated rings. The molecule has 0 saturated carbocycles. The maximum Gasteiger partial charge on any atom is 0.368 e. The van der Waals surface area contributed by atoms with Crippen LogP contribution in [0, 0.1) is 0 Å². The molecule has 0 aliphatic rings. The highest BCUT2D eigenvalue weighted by molar-refractivity contribution is 7.69. The summed E-state index contributed by atoms with van der Waals surface area (Å²) in [5, 5.41) is 7.27. The fourth-order valence-electron chi connectivity index (χ4n) is 1.21. The minimum Gasteiger partial charge on any atom is -0.368 e. The number of hydrogen-bond donors (Lipinski definition) is 6. The van der Waals surface area contributed by atoms with Crippen molar-refractivity contribution in [3.8, 4) is 0 Å². The van der Waals surface area contributed by atoms with Gasteiger partial charge in [0.2, 0.25) is 8.38 Å². The third-order valence-corrected chi connectivity index (χ3v) is 5.67. The van der Waals surface area contributed by atoms with Crippen LogP contribution in [0.5, 0.6) is 0 Å². The second-order valence-electron chi connectivity index (χ2n) is 4.03. The molecule has 1 rings (SSSR count). The van der Waals surface area contributed by atoms with Gasteiger partial charge in [0.15, 0.2) is 0 Å². The van der Waals surface area contributed by atoms with E-state index in [0.717, 1.165) is 0 Å². The number of hydrogen-bond acceptors (Lipinski definition) is 9. The Morgan fingerprint density at radius 3 is 2.73 bits per heavy atom. The van der Waals surface area contributed by atoms with Crippen molar-refractivity contribution in [2.24, 2.45) is 0 Å². The van der Waals surface area contributed by atoms with Crippen molar-refractivity contribution >= 4 is 16.0 Å². The van der Waals surface area contributed by atoms with Gasteiger partial charge >= 0.3 is 7.60 Å². The number of nitrogens with one attached hydrogen (secondary N) is 2. The molecule has 12 nitrogen and oxygen atoms in total. The Balaban J connectivity index is 2.58. The topological polar surface area (TPSA) is 168 Å². The predicted octanol–water partition coefficient (Wildman–Crippen LogP) is -0.690. The first kappa shape index (κ1) is 19.6. The van der Waals surface area contributed by atoms with E-state index in [0.29, 0.717) is 13.0 Å². The summed E-state index contributed by atoms with van der Waals surface area (Å²) in [6.07, 6.45) is 4.63. The van der Waals surface area contributed by atoms with Gasteiger partial charge in [0, 0.05) is 12.4 Å². The Hall–Kier alpha value is -0.490. The Morgan fingerprint density at radius 1 is 1.45 bits per heavy atom. The summed E-state index contributed by atoms with van der Waals surface area (Å²) in [5.74, 6) is 0. The van der Waals surface area contributed by atoms with Gasteiger partial charge in [0.1, 0.15) is 0 Å². The largest absolute Gasteiger partial charge is 0.368 e. The molecule has 2 atom stereocenters. The van der Waals surface area contributed by atoms with Crippen molar-refractivity contribution in [3.05, 3.63) is 18.7 Å². The molecule has 1 unspecified atom stereocenters. The minimum absolute atomic E-state index is 0.336. The van der Waals surface area contributed by atoms with Gasteiger partial charge in [-0.25, -0.2) is 9.61 Å². The first-order valence-electron chi connectivity index (χ1n) is 5.98. The lowest BCUT2D eigenvalue weighted by Crippen LogP contribution is -2.35. The van der Waals surface area contributed by atoms with Crippen LogP contribution in [0.4, 0.5) is 0 Å².